The summed E-state index contributed by atoms with van der Waals surface area (Å²) in [6.07, 6.45) is 2.38. The summed E-state index contributed by atoms with van der Waals surface area (Å²) in [7, 11) is 2.04. The Labute approximate surface area is 127 Å². The fourth-order valence-electron chi connectivity index (χ4n) is 2.42. The molecule has 0 aliphatic heterocycles. The number of fused-ring (bicyclic) bond motifs is 1. The Kier molecular flexibility index (Phi) is 4.15. The predicted octanol–water partition coefficient (Wildman–Crippen LogP) is 5.09. The summed E-state index contributed by atoms with van der Waals surface area (Å²) < 4.78 is 1.26. The van der Waals surface area contributed by atoms with Crippen LogP contribution in [0.1, 0.15) is 30.7 Å². The van der Waals surface area contributed by atoms with Gasteiger partial charge in [-0.15, -0.1) is 22.7 Å². The van der Waals surface area contributed by atoms with Crippen molar-refractivity contribution in [3.63, 3.8) is 0 Å². The molecule has 1 atom stereocenters. The minimum absolute atomic E-state index is 0.478. The van der Waals surface area contributed by atoms with Gasteiger partial charge in [-0.2, -0.15) is 0 Å². The standard InChI is InChI=1S/C16H18N2S2/c1-3-4-12(17-2)15-8-7-14(20-15)11-5-6-13-16(9-11)19-10-18-13/h5-10,12,17H,3-4H2,1-2H3. The minimum atomic E-state index is 0.478. The molecule has 0 aliphatic carbocycles. The molecule has 0 bridgehead atoms. The van der Waals surface area contributed by atoms with E-state index in [1.807, 2.05) is 23.9 Å². The zero-order chi connectivity index (χ0) is 13.9. The molecule has 2 heterocycles. The first kappa shape index (κ1) is 13.7. The highest BCUT2D eigenvalue weighted by Gasteiger charge is 2.12. The fourth-order valence-corrected chi connectivity index (χ4v) is 4.29. The van der Waals surface area contributed by atoms with Crippen molar-refractivity contribution in [3.05, 3.63) is 40.7 Å². The number of nitrogens with one attached hydrogen (secondary N) is 1. The van der Waals surface area contributed by atoms with Crippen LogP contribution in [0, 0.1) is 0 Å². The quantitative estimate of drug-likeness (QED) is 0.710. The van der Waals surface area contributed by atoms with Gasteiger partial charge in [0, 0.05) is 15.8 Å². The monoisotopic (exact) mass is 302 g/mol. The van der Waals surface area contributed by atoms with Crippen molar-refractivity contribution in [1.29, 1.82) is 0 Å². The van der Waals surface area contributed by atoms with Gasteiger partial charge in [-0.3, -0.25) is 0 Å². The van der Waals surface area contributed by atoms with Crippen molar-refractivity contribution in [2.45, 2.75) is 25.8 Å². The Bertz CT molecular complexity index is 699. The summed E-state index contributed by atoms with van der Waals surface area (Å²) in [4.78, 5) is 7.10. The number of thiophene rings is 1. The lowest BCUT2D eigenvalue weighted by Gasteiger charge is -2.12. The number of hydrogen-bond donors (Lipinski definition) is 1. The van der Waals surface area contributed by atoms with Gasteiger partial charge < -0.3 is 5.32 Å². The molecule has 0 radical (unpaired) electrons. The zero-order valence-corrected chi connectivity index (χ0v) is 13.4. The van der Waals surface area contributed by atoms with Crippen LogP contribution in [0.4, 0.5) is 0 Å². The van der Waals surface area contributed by atoms with E-state index >= 15 is 0 Å². The average molecular weight is 302 g/mol. The number of aromatic nitrogens is 1. The number of nitrogens with zero attached hydrogens (tertiary/aromatic N) is 1. The van der Waals surface area contributed by atoms with Gasteiger partial charge in [-0.05, 0) is 43.3 Å². The van der Waals surface area contributed by atoms with Gasteiger partial charge in [0.25, 0.3) is 0 Å². The third-order valence-corrected chi connectivity index (χ3v) is 5.55. The Hall–Kier alpha value is -1.23. The molecule has 0 fully saturated rings. The maximum atomic E-state index is 4.34. The van der Waals surface area contributed by atoms with Crippen molar-refractivity contribution >= 4 is 32.9 Å². The van der Waals surface area contributed by atoms with Gasteiger partial charge in [-0.1, -0.05) is 19.4 Å². The molecule has 4 heteroatoms. The smallest absolute Gasteiger partial charge is 0.0812 e. The Morgan fingerprint density at radius 3 is 2.95 bits per heavy atom. The summed E-state index contributed by atoms with van der Waals surface area (Å²) in [6.45, 7) is 2.23. The Balaban J connectivity index is 1.92. The highest BCUT2D eigenvalue weighted by Crippen LogP contribution is 2.34. The molecule has 0 saturated heterocycles. The predicted molar refractivity (Wildman–Crippen MR) is 89.6 cm³/mol. The summed E-state index contributed by atoms with van der Waals surface area (Å²) >= 11 is 3.59. The molecule has 0 saturated carbocycles. The lowest BCUT2D eigenvalue weighted by atomic mass is 10.1. The van der Waals surface area contributed by atoms with Crippen LogP contribution in [-0.2, 0) is 0 Å². The SMILES string of the molecule is CCCC(NC)c1ccc(-c2ccc3ncsc3c2)s1. The van der Waals surface area contributed by atoms with Crippen molar-refractivity contribution in [3.8, 4) is 10.4 Å². The van der Waals surface area contributed by atoms with Crippen LogP contribution in [-0.4, -0.2) is 12.0 Å². The first-order chi connectivity index (χ1) is 9.81. The summed E-state index contributed by atoms with van der Waals surface area (Å²) in [6, 6.07) is 11.5. The summed E-state index contributed by atoms with van der Waals surface area (Å²) in [5.74, 6) is 0. The molecular formula is C16H18N2S2. The van der Waals surface area contributed by atoms with Crippen LogP contribution in [0.15, 0.2) is 35.8 Å². The molecule has 0 amide bonds. The summed E-state index contributed by atoms with van der Waals surface area (Å²) in [5.41, 5.74) is 4.30. The number of benzene rings is 1. The van der Waals surface area contributed by atoms with E-state index in [0.717, 1.165) is 5.52 Å². The van der Waals surface area contributed by atoms with Crippen LogP contribution >= 0.6 is 22.7 Å². The van der Waals surface area contributed by atoms with Gasteiger partial charge >= 0.3 is 0 Å². The molecule has 1 aromatic carbocycles. The summed E-state index contributed by atoms with van der Waals surface area (Å²) in [5, 5.41) is 3.41. The van der Waals surface area contributed by atoms with Gasteiger partial charge in [0.05, 0.1) is 15.7 Å². The van der Waals surface area contributed by atoms with E-state index in [9.17, 15) is 0 Å². The van der Waals surface area contributed by atoms with Crippen molar-refractivity contribution in [2.24, 2.45) is 0 Å². The van der Waals surface area contributed by atoms with Crippen molar-refractivity contribution < 1.29 is 0 Å². The Morgan fingerprint density at radius 2 is 2.15 bits per heavy atom. The van der Waals surface area contributed by atoms with E-state index in [4.69, 9.17) is 0 Å². The highest BCUT2D eigenvalue weighted by atomic mass is 32.1. The van der Waals surface area contributed by atoms with E-state index < -0.39 is 0 Å². The van der Waals surface area contributed by atoms with Crippen molar-refractivity contribution in [1.82, 2.24) is 10.3 Å². The second-order valence-electron chi connectivity index (χ2n) is 4.87. The number of rotatable bonds is 5. The maximum absolute atomic E-state index is 4.34. The van der Waals surface area contributed by atoms with E-state index in [1.165, 1.54) is 32.9 Å². The third-order valence-electron chi connectivity index (χ3n) is 3.51. The molecule has 20 heavy (non-hydrogen) atoms. The van der Waals surface area contributed by atoms with E-state index in [2.05, 4.69) is 47.6 Å². The molecule has 3 rings (SSSR count). The number of hydrogen-bond acceptors (Lipinski definition) is 4. The van der Waals surface area contributed by atoms with Crippen molar-refractivity contribution in [2.75, 3.05) is 7.05 Å². The molecule has 0 spiro atoms. The van der Waals surface area contributed by atoms with Gasteiger partial charge in [0.2, 0.25) is 0 Å². The molecule has 3 aromatic rings. The second-order valence-corrected chi connectivity index (χ2v) is 6.87. The molecule has 2 nitrogen and oxygen atoms in total. The van der Waals surface area contributed by atoms with Crippen LogP contribution in [0.5, 0.6) is 0 Å². The highest BCUT2D eigenvalue weighted by molar-refractivity contribution is 7.17. The lowest BCUT2D eigenvalue weighted by Crippen LogP contribution is -2.14. The van der Waals surface area contributed by atoms with E-state index in [-0.39, 0.29) is 0 Å². The molecule has 2 aromatic heterocycles. The van der Waals surface area contributed by atoms with Gasteiger partial charge in [0.1, 0.15) is 0 Å². The zero-order valence-electron chi connectivity index (χ0n) is 11.7. The average Bonchev–Trinajstić information content (AvgIpc) is 3.12. The van der Waals surface area contributed by atoms with Crippen LogP contribution in [0.2, 0.25) is 0 Å². The molecule has 0 aliphatic rings. The normalized spacial score (nSPS) is 12.9. The maximum Gasteiger partial charge on any atom is 0.0812 e. The van der Waals surface area contributed by atoms with E-state index in [1.54, 1.807) is 11.3 Å². The molecule has 1 N–H and O–H groups in total. The first-order valence-electron chi connectivity index (χ1n) is 6.92. The lowest BCUT2D eigenvalue weighted by molar-refractivity contribution is 0.550. The largest absolute Gasteiger partial charge is 0.312 e. The number of thiazole rings is 1. The van der Waals surface area contributed by atoms with Crippen LogP contribution < -0.4 is 5.32 Å². The first-order valence-corrected chi connectivity index (χ1v) is 8.62. The van der Waals surface area contributed by atoms with Gasteiger partial charge in [0.15, 0.2) is 0 Å². The fraction of sp³-hybridized carbons (Fsp3) is 0.312. The molecule has 104 valence electrons. The molecular weight excluding hydrogens is 284 g/mol. The van der Waals surface area contributed by atoms with Crippen LogP contribution in [0.25, 0.3) is 20.7 Å². The Morgan fingerprint density at radius 1 is 1.25 bits per heavy atom. The van der Waals surface area contributed by atoms with Crippen LogP contribution in [0.3, 0.4) is 0 Å². The molecule has 1 unspecified atom stereocenters. The third kappa shape index (κ3) is 2.64. The van der Waals surface area contributed by atoms with E-state index in [0.29, 0.717) is 6.04 Å². The minimum Gasteiger partial charge on any atom is -0.312 e. The topological polar surface area (TPSA) is 24.9 Å². The second kappa shape index (κ2) is 6.04. The van der Waals surface area contributed by atoms with Gasteiger partial charge in [-0.25, -0.2) is 4.98 Å².